The average Bonchev–Trinajstić information content (AvgIpc) is 2.36. The molecule has 1 saturated heterocycles. The van der Waals surface area contributed by atoms with Gasteiger partial charge in [0, 0.05) is 11.0 Å². The molecule has 1 rings (SSSR count). The van der Waals surface area contributed by atoms with Gasteiger partial charge in [0.25, 0.3) is 0 Å². The molecule has 5 unspecified atom stereocenters. The first kappa shape index (κ1) is 15.9. The van der Waals surface area contributed by atoms with Crippen LogP contribution in [0, 0.1) is 0 Å². The van der Waals surface area contributed by atoms with Gasteiger partial charge in [-0.15, -0.1) is 0 Å². The lowest BCUT2D eigenvalue weighted by Gasteiger charge is -2.40. The van der Waals surface area contributed by atoms with Crippen molar-refractivity contribution in [1.29, 1.82) is 0 Å². The number of nitrogens with one attached hydrogen (secondary N) is 2. The van der Waals surface area contributed by atoms with Gasteiger partial charge in [-0.05, 0) is 0 Å². The quantitative estimate of drug-likeness (QED) is 0.238. The van der Waals surface area contributed by atoms with Crippen LogP contribution in [0.1, 0.15) is 0 Å². The van der Waals surface area contributed by atoms with Crippen LogP contribution >= 0.6 is 22.6 Å². The zero-order chi connectivity index (χ0) is 13.7. The van der Waals surface area contributed by atoms with E-state index in [0.29, 0.717) is 11.0 Å². The van der Waals surface area contributed by atoms with Gasteiger partial charge in [0.15, 0.2) is 6.29 Å². The van der Waals surface area contributed by atoms with Gasteiger partial charge >= 0.3 is 6.03 Å². The summed E-state index contributed by atoms with van der Waals surface area (Å²) in [6.45, 7) is -0.100. The van der Waals surface area contributed by atoms with Gasteiger partial charge in [0.2, 0.25) is 0 Å². The number of urea groups is 1. The second kappa shape index (κ2) is 7.40. The Morgan fingerprint density at radius 3 is 2.50 bits per heavy atom. The van der Waals surface area contributed by atoms with Crippen molar-refractivity contribution in [3.63, 3.8) is 0 Å². The van der Waals surface area contributed by atoms with E-state index in [-0.39, 0.29) is 0 Å². The van der Waals surface area contributed by atoms with Crippen molar-refractivity contribution in [2.45, 2.75) is 30.6 Å². The van der Waals surface area contributed by atoms with Crippen LogP contribution in [0.3, 0.4) is 0 Å². The fourth-order valence-corrected chi connectivity index (χ4v) is 1.89. The van der Waals surface area contributed by atoms with E-state index in [9.17, 15) is 20.1 Å². The summed E-state index contributed by atoms with van der Waals surface area (Å²) < 4.78 is 5.60. The molecule has 0 radical (unpaired) electrons. The minimum Gasteiger partial charge on any atom is -0.394 e. The number of aliphatic hydroxyl groups excluding tert-OH is 4. The van der Waals surface area contributed by atoms with Crippen molar-refractivity contribution in [2.24, 2.45) is 0 Å². The summed E-state index contributed by atoms with van der Waals surface area (Å²) in [4.78, 5) is 11.4. The minimum atomic E-state index is -1.49. The molecule has 0 bridgehead atoms. The van der Waals surface area contributed by atoms with Gasteiger partial charge in [-0.25, -0.2) is 4.79 Å². The Morgan fingerprint density at radius 1 is 1.28 bits per heavy atom. The Hall–Kier alpha value is -0.200. The van der Waals surface area contributed by atoms with Crippen LogP contribution in [0.2, 0.25) is 0 Å². The molecule has 8 nitrogen and oxygen atoms in total. The van der Waals surface area contributed by atoms with Crippen LogP contribution in [-0.2, 0) is 4.74 Å². The number of carbonyl (C=O) groups excluding carboxylic acids is 1. The number of amides is 2. The molecule has 5 atom stereocenters. The van der Waals surface area contributed by atoms with E-state index in [1.807, 2.05) is 0 Å². The molecule has 1 heterocycles. The Labute approximate surface area is 117 Å². The summed E-state index contributed by atoms with van der Waals surface area (Å²) in [7, 11) is 0. The van der Waals surface area contributed by atoms with E-state index in [2.05, 4.69) is 33.2 Å². The van der Waals surface area contributed by atoms with Gasteiger partial charge in [0.1, 0.15) is 24.4 Å². The number of halogens is 1. The fraction of sp³-hybridized carbons (Fsp3) is 0.889. The highest BCUT2D eigenvalue weighted by Crippen LogP contribution is 2.19. The van der Waals surface area contributed by atoms with Crippen molar-refractivity contribution in [2.75, 3.05) is 17.6 Å². The largest absolute Gasteiger partial charge is 0.394 e. The predicted octanol–water partition coefficient (Wildman–Crippen LogP) is -2.48. The summed E-state index contributed by atoms with van der Waals surface area (Å²) in [5.74, 6) is 0. The third-order valence-electron chi connectivity index (χ3n) is 2.58. The number of carbonyl (C=O) groups is 1. The van der Waals surface area contributed by atoms with Gasteiger partial charge in [-0.1, -0.05) is 22.6 Å². The maximum atomic E-state index is 11.4. The minimum absolute atomic E-state index is 0.438. The zero-order valence-corrected chi connectivity index (χ0v) is 11.6. The molecule has 0 spiro atoms. The number of rotatable bonds is 4. The summed E-state index contributed by atoms with van der Waals surface area (Å²) in [5.41, 5.74) is 0. The van der Waals surface area contributed by atoms with Gasteiger partial charge in [0.05, 0.1) is 6.61 Å². The van der Waals surface area contributed by atoms with Crippen molar-refractivity contribution in [1.82, 2.24) is 10.6 Å². The van der Waals surface area contributed by atoms with E-state index in [0.717, 1.165) is 0 Å². The standard InChI is InChI=1S/C9H17IN2O6/c10-1-2-11-9(17)12-5-7(15)6(14)4(3-13)18-8(5)16/h4-8,13-16H,1-3H2,(H2,11,12,17). The van der Waals surface area contributed by atoms with E-state index < -0.39 is 43.3 Å². The van der Waals surface area contributed by atoms with Crippen molar-refractivity contribution in [3.05, 3.63) is 0 Å². The van der Waals surface area contributed by atoms with Crippen molar-refractivity contribution >= 4 is 28.6 Å². The Balaban J connectivity index is 2.57. The summed E-state index contributed by atoms with van der Waals surface area (Å²) in [6.07, 6.45) is -5.37. The number of ether oxygens (including phenoxy) is 1. The number of hydrogen-bond acceptors (Lipinski definition) is 6. The second-order valence-corrected chi connectivity index (χ2v) is 4.92. The molecule has 0 aromatic heterocycles. The SMILES string of the molecule is O=C(NCCI)NC1C(O)OC(CO)C(O)C1O. The molecule has 18 heavy (non-hydrogen) atoms. The molecular formula is C9H17IN2O6. The van der Waals surface area contributed by atoms with Crippen molar-refractivity contribution in [3.8, 4) is 0 Å². The molecular weight excluding hydrogens is 359 g/mol. The van der Waals surface area contributed by atoms with E-state index in [4.69, 9.17) is 9.84 Å². The lowest BCUT2D eigenvalue weighted by molar-refractivity contribution is -0.252. The van der Waals surface area contributed by atoms with Gasteiger partial charge in [-0.2, -0.15) is 0 Å². The maximum Gasteiger partial charge on any atom is 0.315 e. The molecule has 106 valence electrons. The number of aliphatic hydroxyl groups is 4. The van der Waals surface area contributed by atoms with E-state index in [1.165, 1.54) is 0 Å². The molecule has 1 aliphatic rings. The summed E-state index contributed by atoms with van der Waals surface area (Å²) in [5, 5.41) is 42.6. The van der Waals surface area contributed by atoms with Gasteiger partial charge in [-0.3, -0.25) is 0 Å². The zero-order valence-electron chi connectivity index (χ0n) is 9.49. The van der Waals surface area contributed by atoms with Crippen LogP contribution < -0.4 is 10.6 Å². The summed E-state index contributed by atoms with van der Waals surface area (Å²) in [6, 6.07) is -1.73. The van der Waals surface area contributed by atoms with E-state index in [1.54, 1.807) is 0 Å². The highest BCUT2D eigenvalue weighted by atomic mass is 127. The van der Waals surface area contributed by atoms with Crippen molar-refractivity contribution < 1.29 is 30.0 Å². The highest BCUT2D eigenvalue weighted by molar-refractivity contribution is 14.1. The predicted molar refractivity (Wildman–Crippen MR) is 69.2 cm³/mol. The van der Waals surface area contributed by atoms with Gasteiger partial charge < -0.3 is 35.8 Å². The molecule has 0 aromatic carbocycles. The lowest BCUT2D eigenvalue weighted by atomic mass is 9.97. The highest BCUT2D eigenvalue weighted by Gasteiger charge is 2.44. The Kier molecular flexibility index (Phi) is 6.52. The first-order chi connectivity index (χ1) is 8.51. The van der Waals surface area contributed by atoms with E-state index >= 15 is 0 Å². The first-order valence-corrected chi connectivity index (χ1v) is 6.94. The molecule has 1 fully saturated rings. The number of hydrogen-bond donors (Lipinski definition) is 6. The topological polar surface area (TPSA) is 131 Å². The van der Waals surface area contributed by atoms with Crippen LogP contribution in [0.4, 0.5) is 4.79 Å². The molecule has 2 amide bonds. The molecule has 1 aliphatic heterocycles. The normalized spacial score (nSPS) is 36.2. The monoisotopic (exact) mass is 376 g/mol. The molecule has 9 heteroatoms. The smallest absolute Gasteiger partial charge is 0.315 e. The van der Waals surface area contributed by atoms with Crippen LogP contribution in [0.5, 0.6) is 0 Å². The molecule has 0 aliphatic carbocycles. The lowest BCUT2D eigenvalue weighted by Crippen LogP contribution is -2.65. The number of alkyl halides is 1. The second-order valence-electron chi connectivity index (χ2n) is 3.84. The maximum absolute atomic E-state index is 11.4. The van der Waals surface area contributed by atoms with Crippen LogP contribution in [-0.4, -0.2) is 74.7 Å². The molecule has 0 saturated carbocycles. The molecule has 6 N–H and O–H groups in total. The van der Waals surface area contributed by atoms with Crippen LogP contribution in [0.25, 0.3) is 0 Å². The van der Waals surface area contributed by atoms with Crippen LogP contribution in [0.15, 0.2) is 0 Å². The third-order valence-corrected chi connectivity index (χ3v) is 3.12. The Morgan fingerprint density at radius 2 is 1.94 bits per heavy atom. The average molecular weight is 376 g/mol. The first-order valence-electron chi connectivity index (χ1n) is 5.42. The molecule has 0 aromatic rings. The third kappa shape index (κ3) is 3.90. The summed E-state index contributed by atoms with van der Waals surface area (Å²) >= 11 is 2.08. The Bertz CT molecular complexity index is 282. The fourth-order valence-electron chi connectivity index (χ4n) is 1.62.